The number of anilines is 1. The summed E-state index contributed by atoms with van der Waals surface area (Å²) < 4.78 is 39.4. The molecule has 2 aromatic rings. The minimum atomic E-state index is -4.49. The number of amides is 1. The average molecular weight is 342 g/mol. The smallest absolute Gasteiger partial charge is 0.378 e. The molecule has 1 aromatic carbocycles. The fourth-order valence-electron chi connectivity index (χ4n) is 2.06. The molecule has 0 saturated carbocycles. The van der Waals surface area contributed by atoms with E-state index in [0.717, 1.165) is 15.3 Å². The van der Waals surface area contributed by atoms with Gasteiger partial charge in [0.1, 0.15) is 19.4 Å². The Morgan fingerprint density at radius 2 is 1.88 bits per heavy atom. The van der Waals surface area contributed by atoms with Crippen LogP contribution in [0.15, 0.2) is 30.6 Å². The third-order valence-electron chi connectivity index (χ3n) is 3.24. The summed E-state index contributed by atoms with van der Waals surface area (Å²) in [6.45, 7) is -1.82. The highest BCUT2D eigenvalue weighted by Gasteiger charge is 2.33. The van der Waals surface area contributed by atoms with Gasteiger partial charge in [0.25, 0.3) is 0 Å². The fraction of sp³-hybridized carbons (Fsp3) is 0.429. The van der Waals surface area contributed by atoms with E-state index in [1.807, 2.05) is 19.0 Å². The topological polar surface area (TPSA) is 67.2 Å². The number of hydrogen-bond donors (Lipinski definition) is 0. The van der Waals surface area contributed by atoms with Crippen molar-refractivity contribution in [2.75, 3.05) is 25.5 Å². The van der Waals surface area contributed by atoms with E-state index in [2.05, 4.69) is 15.5 Å². The zero-order valence-electron chi connectivity index (χ0n) is 13.2. The van der Waals surface area contributed by atoms with Gasteiger partial charge in [-0.25, -0.2) is 4.68 Å². The zero-order chi connectivity index (χ0) is 17.7. The lowest BCUT2D eigenvalue weighted by atomic mass is 10.2. The number of tetrazole rings is 1. The molecule has 0 bridgehead atoms. The Morgan fingerprint density at radius 1 is 1.21 bits per heavy atom. The minimum Gasteiger partial charge on any atom is -0.378 e. The summed E-state index contributed by atoms with van der Waals surface area (Å²) in [6, 6.07) is 6.96. The molecule has 0 fully saturated rings. The first-order valence-electron chi connectivity index (χ1n) is 7.06. The van der Waals surface area contributed by atoms with Crippen LogP contribution in [-0.4, -0.2) is 57.8 Å². The lowest BCUT2D eigenvalue weighted by molar-refractivity contribution is -0.162. The van der Waals surface area contributed by atoms with Crippen LogP contribution in [0.1, 0.15) is 5.56 Å². The highest BCUT2D eigenvalue weighted by atomic mass is 19.4. The van der Waals surface area contributed by atoms with E-state index in [-0.39, 0.29) is 13.1 Å². The van der Waals surface area contributed by atoms with Gasteiger partial charge in [-0.3, -0.25) is 4.79 Å². The number of alkyl halides is 3. The van der Waals surface area contributed by atoms with Gasteiger partial charge in [-0.1, -0.05) is 12.1 Å². The van der Waals surface area contributed by atoms with Crippen molar-refractivity contribution in [1.82, 2.24) is 25.1 Å². The van der Waals surface area contributed by atoms with Crippen molar-refractivity contribution in [2.45, 2.75) is 19.3 Å². The first-order valence-corrected chi connectivity index (χ1v) is 7.06. The molecule has 0 atom stereocenters. The van der Waals surface area contributed by atoms with Gasteiger partial charge in [-0.15, -0.1) is 5.10 Å². The third-order valence-corrected chi connectivity index (χ3v) is 3.24. The first kappa shape index (κ1) is 17.7. The monoisotopic (exact) mass is 342 g/mol. The van der Waals surface area contributed by atoms with Crippen LogP contribution in [-0.2, 0) is 17.9 Å². The Balaban J connectivity index is 2.11. The molecule has 7 nitrogen and oxygen atoms in total. The van der Waals surface area contributed by atoms with Gasteiger partial charge in [0, 0.05) is 26.3 Å². The van der Waals surface area contributed by atoms with Gasteiger partial charge >= 0.3 is 6.18 Å². The molecule has 24 heavy (non-hydrogen) atoms. The molecule has 0 N–H and O–H groups in total. The first-order chi connectivity index (χ1) is 11.2. The van der Waals surface area contributed by atoms with Crippen LogP contribution in [0, 0.1) is 0 Å². The number of aromatic nitrogens is 4. The summed E-state index contributed by atoms with van der Waals surface area (Å²) in [5.41, 5.74) is 1.52. The third kappa shape index (κ3) is 5.21. The summed E-state index contributed by atoms with van der Waals surface area (Å²) in [7, 11) is 3.72. The Kier molecular flexibility index (Phi) is 5.37. The van der Waals surface area contributed by atoms with Crippen LogP contribution in [0.5, 0.6) is 0 Å². The number of nitrogens with zero attached hydrogens (tertiary/aromatic N) is 6. The summed E-state index contributed by atoms with van der Waals surface area (Å²) in [5.74, 6) is -0.712. The fourth-order valence-corrected chi connectivity index (χ4v) is 2.06. The second-order valence-corrected chi connectivity index (χ2v) is 5.43. The average Bonchev–Trinajstić information content (AvgIpc) is 2.98. The van der Waals surface area contributed by atoms with Crippen molar-refractivity contribution in [1.29, 1.82) is 0 Å². The maximum absolute atomic E-state index is 12.8. The number of hydrogen-bond acceptors (Lipinski definition) is 5. The van der Waals surface area contributed by atoms with Crippen molar-refractivity contribution in [3.05, 3.63) is 36.2 Å². The molecule has 1 amide bonds. The minimum absolute atomic E-state index is 0.145. The van der Waals surface area contributed by atoms with Gasteiger partial charge < -0.3 is 9.80 Å². The number of carbonyl (C=O) groups is 1. The number of halogens is 3. The van der Waals surface area contributed by atoms with E-state index >= 15 is 0 Å². The predicted molar refractivity (Wildman–Crippen MR) is 80.1 cm³/mol. The molecule has 2 rings (SSSR count). The van der Waals surface area contributed by atoms with E-state index < -0.39 is 18.6 Å². The highest BCUT2D eigenvalue weighted by molar-refractivity contribution is 5.76. The number of rotatable bonds is 6. The second kappa shape index (κ2) is 7.28. The van der Waals surface area contributed by atoms with Crippen molar-refractivity contribution < 1.29 is 18.0 Å². The molecule has 0 aliphatic rings. The van der Waals surface area contributed by atoms with Crippen molar-refractivity contribution in [3.63, 3.8) is 0 Å². The molecule has 0 unspecified atom stereocenters. The summed E-state index contributed by atoms with van der Waals surface area (Å²) in [6.07, 6.45) is -3.31. The molecule has 0 aliphatic heterocycles. The molecule has 0 aliphatic carbocycles. The number of benzene rings is 1. The Bertz CT molecular complexity index is 654. The number of carbonyl (C=O) groups excluding carboxylic acids is 1. The normalized spacial score (nSPS) is 11.4. The molecular weight excluding hydrogens is 325 g/mol. The SMILES string of the molecule is CN(C)c1ccc(CN(CC(F)(F)F)C(=O)Cn2cnnn2)cc1. The van der Waals surface area contributed by atoms with Gasteiger partial charge in [-0.05, 0) is 28.1 Å². The van der Waals surface area contributed by atoms with Crippen LogP contribution in [0.3, 0.4) is 0 Å². The second-order valence-electron chi connectivity index (χ2n) is 5.43. The lowest BCUT2D eigenvalue weighted by Crippen LogP contribution is -2.40. The van der Waals surface area contributed by atoms with Gasteiger partial charge in [-0.2, -0.15) is 13.2 Å². The lowest BCUT2D eigenvalue weighted by Gasteiger charge is -2.24. The van der Waals surface area contributed by atoms with Crippen molar-refractivity contribution in [2.24, 2.45) is 0 Å². The van der Waals surface area contributed by atoms with E-state index in [9.17, 15) is 18.0 Å². The van der Waals surface area contributed by atoms with Crippen LogP contribution in [0.2, 0.25) is 0 Å². The van der Waals surface area contributed by atoms with Crippen molar-refractivity contribution in [3.8, 4) is 0 Å². The van der Waals surface area contributed by atoms with Gasteiger partial charge in [0.05, 0.1) is 0 Å². The van der Waals surface area contributed by atoms with Gasteiger partial charge in [0.15, 0.2) is 0 Å². The van der Waals surface area contributed by atoms with Crippen molar-refractivity contribution >= 4 is 11.6 Å². The summed E-state index contributed by atoms with van der Waals surface area (Å²) in [5, 5.41) is 10.2. The van der Waals surface area contributed by atoms with E-state index in [4.69, 9.17) is 0 Å². The standard InChI is InChI=1S/C14H17F3N6O/c1-21(2)12-5-3-11(4-6-12)7-22(9-14(15,16)17)13(24)8-23-10-18-19-20-23/h3-6,10H,7-9H2,1-2H3. The van der Waals surface area contributed by atoms with Crippen LogP contribution >= 0.6 is 0 Å². The van der Waals surface area contributed by atoms with Crippen LogP contribution in [0.4, 0.5) is 18.9 Å². The molecule has 0 saturated heterocycles. The maximum atomic E-state index is 12.8. The van der Waals surface area contributed by atoms with Gasteiger partial charge in [0.2, 0.25) is 5.91 Å². The largest absolute Gasteiger partial charge is 0.406 e. The molecular formula is C14H17F3N6O. The van der Waals surface area contributed by atoms with E-state index in [1.54, 1.807) is 24.3 Å². The Labute approximate surface area is 136 Å². The van der Waals surface area contributed by atoms with E-state index in [0.29, 0.717) is 5.56 Å². The van der Waals surface area contributed by atoms with E-state index in [1.165, 1.54) is 6.33 Å². The summed E-state index contributed by atoms with van der Waals surface area (Å²) >= 11 is 0. The molecule has 1 heterocycles. The molecule has 0 spiro atoms. The van der Waals surface area contributed by atoms with Crippen LogP contribution < -0.4 is 4.90 Å². The molecule has 0 radical (unpaired) electrons. The molecule has 130 valence electrons. The zero-order valence-corrected chi connectivity index (χ0v) is 13.2. The molecule has 1 aromatic heterocycles. The summed E-state index contributed by atoms with van der Waals surface area (Å²) in [4.78, 5) is 14.8. The predicted octanol–water partition coefficient (Wildman–Crippen LogP) is 1.33. The quantitative estimate of drug-likeness (QED) is 0.792. The Morgan fingerprint density at radius 3 is 2.38 bits per heavy atom. The van der Waals surface area contributed by atoms with Crippen LogP contribution in [0.25, 0.3) is 0 Å². The highest BCUT2D eigenvalue weighted by Crippen LogP contribution is 2.20. The Hall–Kier alpha value is -2.65. The molecule has 10 heteroatoms. The maximum Gasteiger partial charge on any atom is 0.406 e.